The van der Waals surface area contributed by atoms with Gasteiger partial charge in [-0.05, 0) is 43.3 Å². The Hall–Kier alpha value is -3.32. The Morgan fingerprint density at radius 2 is 1.96 bits per heavy atom. The van der Waals surface area contributed by atoms with E-state index < -0.39 is 10.7 Å². The van der Waals surface area contributed by atoms with Crippen LogP contribution < -0.4 is 0 Å². The second-order valence-electron chi connectivity index (χ2n) is 5.68. The van der Waals surface area contributed by atoms with Crippen molar-refractivity contribution in [2.24, 2.45) is 0 Å². The van der Waals surface area contributed by atoms with Gasteiger partial charge in [-0.1, -0.05) is 23.7 Å². The van der Waals surface area contributed by atoms with Gasteiger partial charge in [-0.2, -0.15) is 5.10 Å². The molecule has 0 atom stereocenters. The number of nitrogens with zero attached hydrogens (tertiary/aromatic N) is 3. The van der Waals surface area contributed by atoms with Crippen molar-refractivity contribution in [3.8, 4) is 5.69 Å². The molecule has 3 aromatic rings. The molecule has 1 heterocycles. The summed E-state index contributed by atoms with van der Waals surface area (Å²) >= 11 is 6.36. The molecular weight excluding hydrogens is 373 g/mol. The third-order valence-corrected chi connectivity index (χ3v) is 4.23. The molecule has 0 spiro atoms. The molecule has 136 valence electrons. The first-order chi connectivity index (χ1) is 12.9. The smallest absolute Gasteiger partial charge is 0.270 e. The van der Waals surface area contributed by atoms with Crippen LogP contribution in [0.15, 0.2) is 54.6 Å². The van der Waals surface area contributed by atoms with E-state index in [1.54, 1.807) is 6.92 Å². The number of nitro groups is 1. The summed E-state index contributed by atoms with van der Waals surface area (Å²) in [5.74, 6) is -0.773. The summed E-state index contributed by atoms with van der Waals surface area (Å²) in [6, 6.07) is 11.1. The van der Waals surface area contributed by atoms with Crippen molar-refractivity contribution in [3.63, 3.8) is 0 Å². The molecule has 0 radical (unpaired) electrons. The van der Waals surface area contributed by atoms with Crippen LogP contribution in [0.1, 0.15) is 21.6 Å². The predicted molar refractivity (Wildman–Crippen MR) is 99.7 cm³/mol. The summed E-state index contributed by atoms with van der Waals surface area (Å²) in [6.45, 7) is 1.73. The number of halogens is 2. The van der Waals surface area contributed by atoms with Crippen LogP contribution in [0.25, 0.3) is 11.8 Å². The van der Waals surface area contributed by atoms with Gasteiger partial charge in [0.15, 0.2) is 5.78 Å². The van der Waals surface area contributed by atoms with Crippen molar-refractivity contribution < 1.29 is 14.1 Å². The van der Waals surface area contributed by atoms with E-state index in [1.807, 2.05) is 0 Å². The Balaban J connectivity index is 1.89. The van der Waals surface area contributed by atoms with Crippen LogP contribution in [-0.2, 0) is 0 Å². The van der Waals surface area contributed by atoms with E-state index in [2.05, 4.69) is 5.10 Å². The van der Waals surface area contributed by atoms with Crippen LogP contribution in [0, 0.1) is 22.9 Å². The maximum Gasteiger partial charge on any atom is 0.270 e. The fraction of sp³-hybridized carbons (Fsp3) is 0.0526. The van der Waals surface area contributed by atoms with E-state index >= 15 is 0 Å². The highest BCUT2D eigenvalue weighted by atomic mass is 35.5. The molecule has 0 aliphatic rings. The highest BCUT2D eigenvalue weighted by molar-refractivity contribution is 6.31. The number of carbonyl (C=O) groups is 1. The normalized spacial score (nSPS) is 11.1. The zero-order valence-corrected chi connectivity index (χ0v) is 14.9. The van der Waals surface area contributed by atoms with E-state index in [0.717, 1.165) is 0 Å². The van der Waals surface area contributed by atoms with Crippen molar-refractivity contribution in [3.05, 3.63) is 92.5 Å². The summed E-state index contributed by atoms with van der Waals surface area (Å²) in [5.41, 5.74) is 1.72. The number of allylic oxidation sites excluding steroid dienone is 1. The number of aryl methyl sites for hydroxylation is 1. The Kier molecular flexibility index (Phi) is 5.14. The second kappa shape index (κ2) is 7.51. The van der Waals surface area contributed by atoms with Crippen LogP contribution in [0.5, 0.6) is 0 Å². The molecule has 3 rings (SSSR count). The molecule has 2 aromatic carbocycles. The lowest BCUT2D eigenvalue weighted by Gasteiger charge is -2.02. The Bertz CT molecular complexity index is 1060. The average molecular weight is 386 g/mol. The minimum Gasteiger partial charge on any atom is -0.289 e. The van der Waals surface area contributed by atoms with E-state index in [0.29, 0.717) is 16.9 Å². The summed E-state index contributed by atoms with van der Waals surface area (Å²) in [5, 5.41) is 15.4. The fourth-order valence-corrected chi connectivity index (χ4v) is 2.82. The first-order valence-corrected chi connectivity index (χ1v) is 8.22. The number of hydrogen-bond donors (Lipinski definition) is 0. The van der Waals surface area contributed by atoms with Crippen molar-refractivity contribution in [2.75, 3.05) is 0 Å². The molecule has 8 heteroatoms. The number of carbonyl (C=O) groups excluding carboxylic acids is 1. The van der Waals surface area contributed by atoms with E-state index in [4.69, 9.17) is 11.6 Å². The zero-order chi connectivity index (χ0) is 19.6. The van der Waals surface area contributed by atoms with Crippen LogP contribution >= 0.6 is 11.6 Å². The number of benzene rings is 2. The minimum absolute atomic E-state index is 0.160. The molecule has 6 nitrogen and oxygen atoms in total. The molecule has 0 unspecified atom stereocenters. The highest BCUT2D eigenvalue weighted by Crippen LogP contribution is 2.25. The maximum atomic E-state index is 13.1. The molecule has 1 aromatic heterocycles. The number of hydrogen-bond acceptors (Lipinski definition) is 4. The molecule has 0 N–H and O–H groups in total. The second-order valence-corrected chi connectivity index (χ2v) is 6.04. The Morgan fingerprint density at radius 3 is 2.63 bits per heavy atom. The fourth-order valence-electron chi connectivity index (χ4n) is 2.48. The van der Waals surface area contributed by atoms with Crippen molar-refractivity contribution in [1.82, 2.24) is 9.78 Å². The Morgan fingerprint density at radius 1 is 1.26 bits per heavy atom. The average Bonchev–Trinajstić information content (AvgIpc) is 2.94. The van der Waals surface area contributed by atoms with Crippen LogP contribution in [0.2, 0.25) is 5.15 Å². The van der Waals surface area contributed by atoms with Gasteiger partial charge in [0.25, 0.3) is 5.69 Å². The molecule has 0 amide bonds. The predicted octanol–water partition coefficient (Wildman–Crippen LogP) is 4.78. The van der Waals surface area contributed by atoms with Gasteiger partial charge in [0.1, 0.15) is 11.0 Å². The van der Waals surface area contributed by atoms with Crippen LogP contribution in [-0.4, -0.2) is 20.5 Å². The lowest BCUT2D eigenvalue weighted by atomic mass is 10.1. The first kappa shape index (κ1) is 18.5. The number of nitro benzene ring substituents is 1. The van der Waals surface area contributed by atoms with Crippen LogP contribution in [0.4, 0.5) is 10.1 Å². The van der Waals surface area contributed by atoms with Gasteiger partial charge in [0.2, 0.25) is 0 Å². The molecular formula is C19H13ClFN3O3. The topological polar surface area (TPSA) is 78.0 Å². The third kappa shape index (κ3) is 3.93. The van der Waals surface area contributed by atoms with Gasteiger partial charge in [0.05, 0.1) is 16.3 Å². The first-order valence-electron chi connectivity index (χ1n) is 7.85. The molecule has 0 saturated carbocycles. The largest absolute Gasteiger partial charge is 0.289 e. The quantitative estimate of drug-likeness (QED) is 0.274. The third-order valence-electron chi connectivity index (χ3n) is 3.86. The van der Waals surface area contributed by atoms with Gasteiger partial charge in [-0.25, -0.2) is 9.07 Å². The molecule has 0 saturated heterocycles. The summed E-state index contributed by atoms with van der Waals surface area (Å²) < 4.78 is 14.5. The minimum atomic E-state index is -0.561. The van der Waals surface area contributed by atoms with E-state index in [1.165, 1.54) is 65.4 Å². The monoisotopic (exact) mass is 385 g/mol. The Labute approximate surface area is 158 Å². The number of ketones is 1. The van der Waals surface area contributed by atoms with Gasteiger partial charge in [-0.15, -0.1) is 0 Å². The van der Waals surface area contributed by atoms with Gasteiger partial charge in [-0.3, -0.25) is 14.9 Å². The van der Waals surface area contributed by atoms with E-state index in [-0.39, 0.29) is 22.2 Å². The highest BCUT2D eigenvalue weighted by Gasteiger charge is 2.14. The standard InChI is InChI=1S/C19H13ClFN3O3/c1-12-17(19(20)23(22-12)15-7-5-14(21)6-8-15)9-10-18(25)13-3-2-4-16(11-13)24(26)27/h2-11H,1H3/b10-9+. The molecule has 0 aliphatic heterocycles. The molecule has 0 aliphatic carbocycles. The maximum absolute atomic E-state index is 13.1. The molecule has 27 heavy (non-hydrogen) atoms. The SMILES string of the molecule is Cc1nn(-c2ccc(F)cc2)c(Cl)c1/C=C/C(=O)c1cccc([N+](=O)[O-])c1. The van der Waals surface area contributed by atoms with E-state index in [9.17, 15) is 19.3 Å². The number of aromatic nitrogens is 2. The summed E-state index contributed by atoms with van der Waals surface area (Å²) in [6.07, 6.45) is 2.79. The van der Waals surface area contributed by atoms with Gasteiger partial charge >= 0.3 is 0 Å². The van der Waals surface area contributed by atoms with Crippen molar-refractivity contribution in [1.29, 1.82) is 0 Å². The van der Waals surface area contributed by atoms with Gasteiger partial charge < -0.3 is 0 Å². The van der Waals surface area contributed by atoms with Crippen molar-refractivity contribution in [2.45, 2.75) is 6.92 Å². The number of non-ortho nitro benzene ring substituents is 1. The zero-order valence-electron chi connectivity index (χ0n) is 14.1. The number of rotatable bonds is 5. The van der Waals surface area contributed by atoms with Crippen molar-refractivity contribution >= 4 is 29.1 Å². The lowest BCUT2D eigenvalue weighted by Crippen LogP contribution is -1.97. The lowest BCUT2D eigenvalue weighted by molar-refractivity contribution is -0.384. The van der Waals surface area contributed by atoms with Crippen LogP contribution in [0.3, 0.4) is 0 Å². The molecule has 0 fully saturated rings. The van der Waals surface area contributed by atoms with Gasteiger partial charge in [0, 0.05) is 23.3 Å². The summed E-state index contributed by atoms with van der Waals surface area (Å²) in [7, 11) is 0. The summed E-state index contributed by atoms with van der Waals surface area (Å²) in [4.78, 5) is 22.6. The molecule has 0 bridgehead atoms.